The molecule has 2 atom stereocenters. The van der Waals surface area contributed by atoms with Gasteiger partial charge in [-0.05, 0) is 51.4 Å². The van der Waals surface area contributed by atoms with Crippen molar-refractivity contribution in [3.63, 3.8) is 0 Å². The van der Waals surface area contributed by atoms with Crippen LogP contribution in [0.25, 0.3) is 0 Å². The van der Waals surface area contributed by atoms with Gasteiger partial charge in [0, 0.05) is 13.0 Å². The molecule has 2 unspecified atom stereocenters. The molecule has 1 N–H and O–H groups in total. The number of hydrogen-bond donors (Lipinski definition) is 1. The van der Waals surface area contributed by atoms with Gasteiger partial charge in [0.05, 0.1) is 34.4 Å². The number of hydrogen-bond acceptors (Lipinski definition) is 6. The number of ether oxygens (including phenoxy) is 2. The van der Waals surface area contributed by atoms with Gasteiger partial charge >= 0.3 is 13.8 Å². The van der Waals surface area contributed by atoms with Crippen LogP contribution >= 0.6 is 7.82 Å². The van der Waals surface area contributed by atoms with Crippen LogP contribution < -0.4 is 0 Å². The Balaban J connectivity index is 4.08. The van der Waals surface area contributed by atoms with E-state index in [-0.39, 0.29) is 25.8 Å². The molecule has 0 aliphatic heterocycles. The topological polar surface area (TPSA) is 91.3 Å². The molecular weight excluding hydrogens is 842 g/mol. The van der Waals surface area contributed by atoms with Crippen LogP contribution in [-0.2, 0) is 27.9 Å². The van der Waals surface area contributed by atoms with Crippen molar-refractivity contribution < 1.29 is 37.3 Å². The summed E-state index contributed by atoms with van der Waals surface area (Å²) in [6.07, 6.45) is 63.1. The van der Waals surface area contributed by atoms with Crippen LogP contribution in [0.2, 0.25) is 0 Å². The Hall–Kier alpha value is -1.54. The molecule has 388 valence electrons. The Morgan fingerprint density at radius 2 is 0.879 bits per heavy atom. The second kappa shape index (κ2) is 49.9. The molecule has 0 bridgehead atoms. The van der Waals surface area contributed by atoms with E-state index in [2.05, 4.69) is 62.5 Å². The monoisotopic (exact) mass is 951 g/mol. The number of unbranched alkanes of at least 4 members (excludes halogenated alkanes) is 30. The first-order valence-corrected chi connectivity index (χ1v) is 29.4. The molecule has 0 rings (SSSR count). The quantitative estimate of drug-likeness (QED) is 0.0213. The first-order valence-electron chi connectivity index (χ1n) is 27.9. The molecule has 0 aromatic rings. The Kier molecular flexibility index (Phi) is 48.7. The van der Waals surface area contributed by atoms with E-state index in [9.17, 15) is 14.3 Å². The number of carbonyl (C=O) groups is 1. The minimum Gasteiger partial charge on any atom is -0.457 e. The molecule has 0 fully saturated rings. The highest BCUT2D eigenvalue weighted by Crippen LogP contribution is 2.43. The maximum absolute atomic E-state index is 12.8. The number of rotatable bonds is 52. The second-order valence-electron chi connectivity index (χ2n) is 19.9. The Bertz CT molecular complexity index is 1200. The van der Waals surface area contributed by atoms with Gasteiger partial charge in [0.1, 0.15) is 19.3 Å². The van der Waals surface area contributed by atoms with E-state index >= 15 is 0 Å². The molecule has 0 spiro atoms. The lowest BCUT2D eigenvalue weighted by Crippen LogP contribution is -2.37. The molecule has 0 radical (unpaired) electrons. The fraction of sp³-hybridized carbons (Fsp3) is 0.842. The van der Waals surface area contributed by atoms with E-state index in [1.165, 1.54) is 167 Å². The third kappa shape index (κ3) is 53.4. The average molecular weight is 951 g/mol. The first kappa shape index (κ1) is 64.5. The van der Waals surface area contributed by atoms with Crippen molar-refractivity contribution in [1.29, 1.82) is 0 Å². The maximum Gasteiger partial charge on any atom is 0.472 e. The van der Waals surface area contributed by atoms with Gasteiger partial charge < -0.3 is 18.9 Å². The molecule has 0 aromatic heterocycles. The number of allylic oxidation sites excluding steroid dienone is 8. The number of esters is 1. The molecule has 0 saturated heterocycles. The number of quaternary nitrogens is 1. The summed E-state index contributed by atoms with van der Waals surface area (Å²) in [4.78, 5) is 23.1. The normalized spacial score (nSPS) is 13.8. The van der Waals surface area contributed by atoms with Crippen molar-refractivity contribution in [2.75, 3.05) is 54.1 Å². The van der Waals surface area contributed by atoms with Gasteiger partial charge in [0.2, 0.25) is 0 Å². The number of carbonyl (C=O) groups excluding carboxylic acids is 1. The van der Waals surface area contributed by atoms with Crippen molar-refractivity contribution in [3.8, 4) is 0 Å². The highest BCUT2D eigenvalue weighted by molar-refractivity contribution is 7.47. The van der Waals surface area contributed by atoms with Crippen molar-refractivity contribution in [2.24, 2.45) is 0 Å². The summed E-state index contributed by atoms with van der Waals surface area (Å²) in [5.41, 5.74) is 0. The molecule has 66 heavy (non-hydrogen) atoms. The minimum absolute atomic E-state index is 0.0871. The number of nitrogens with zero attached hydrogens (tertiary/aromatic N) is 1. The predicted molar refractivity (Wildman–Crippen MR) is 284 cm³/mol. The summed E-state index contributed by atoms with van der Waals surface area (Å²) < 4.78 is 35.2. The molecule has 0 aliphatic carbocycles. The molecule has 0 saturated carbocycles. The summed E-state index contributed by atoms with van der Waals surface area (Å²) in [5, 5.41) is 0. The maximum atomic E-state index is 12.8. The first-order chi connectivity index (χ1) is 32.1. The van der Waals surface area contributed by atoms with Crippen molar-refractivity contribution in [2.45, 2.75) is 258 Å². The Labute approximate surface area is 409 Å². The van der Waals surface area contributed by atoms with Crippen molar-refractivity contribution in [3.05, 3.63) is 48.6 Å². The lowest BCUT2D eigenvalue weighted by atomic mass is 10.0. The lowest BCUT2D eigenvalue weighted by Gasteiger charge is -2.24. The molecule has 9 heteroatoms. The van der Waals surface area contributed by atoms with E-state index in [0.29, 0.717) is 24.1 Å². The van der Waals surface area contributed by atoms with E-state index < -0.39 is 13.9 Å². The zero-order valence-electron chi connectivity index (χ0n) is 44.2. The van der Waals surface area contributed by atoms with Crippen LogP contribution in [-0.4, -0.2) is 75.6 Å². The van der Waals surface area contributed by atoms with Gasteiger partial charge in [-0.1, -0.05) is 242 Å². The SMILES string of the molecule is CC/C=C\C/C=C\C/C=C\C/C=C\CCCCCCCCCCC(=O)OC(COCCCCCCCCCCCCCCCCCCCCCCCCC)COP(=O)(O)OCC[N+](C)(C)C. The highest BCUT2D eigenvalue weighted by atomic mass is 31.2. The average Bonchev–Trinajstić information content (AvgIpc) is 3.28. The molecule has 0 aliphatic rings. The van der Waals surface area contributed by atoms with Crippen LogP contribution in [0.1, 0.15) is 251 Å². The Morgan fingerprint density at radius 3 is 1.32 bits per heavy atom. The third-order valence-electron chi connectivity index (χ3n) is 12.2. The van der Waals surface area contributed by atoms with Gasteiger partial charge in [-0.2, -0.15) is 0 Å². The van der Waals surface area contributed by atoms with Crippen LogP contribution in [0.15, 0.2) is 48.6 Å². The fourth-order valence-corrected chi connectivity index (χ4v) is 8.64. The molecular formula is C57H109NO7P+. The summed E-state index contributed by atoms with van der Waals surface area (Å²) >= 11 is 0. The lowest BCUT2D eigenvalue weighted by molar-refractivity contribution is -0.870. The van der Waals surface area contributed by atoms with Gasteiger partial charge in [-0.15, -0.1) is 0 Å². The fourth-order valence-electron chi connectivity index (χ4n) is 7.90. The number of phosphoric acid groups is 1. The van der Waals surface area contributed by atoms with Gasteiger partial charge in [-0.3, -0.25) is 13.8 Å². The third-order valence-corrected chi connectivity index (χ3v) is 13.1. The summed E-state index contributed by atoms with van der Waals surface area (Å²) in [6, 6.07) is 0. The summed E-state index contributed by atoms with van der Waals surface area (Å²) in [7, 11) is 1.67. The van der Waals surface area contributed by atoms with E-state index in [0.717, 1.165) is 64.2 Å². The minimum atomic E-state index is -4.29. The molecule has 8 nitrogen and oxygen atoms in total. The van der Waals surface area contributed by atoms with Crippen LogP contribution in [0.5, 0.6) is 0 Å². The van der Waals surface area contributed by atoms with Crippen LogP contribution in [0.4, 0.5) is 0 Å². The van der Waals surface area contributed by atoms with Crippen molar-refractivity contribution >= 4 is 13.8 Å². The highest BCUT2D eigenvalue weighted by Gasteiger charge is 2.26. The summed E-state index contributed by atoms with van der Waals surface area (Å²) in [5.74, 6) is -0.318. The summed E-state index contributed by atoms with van der Waals surface area (Å²) in [6.45, 7) is 5.55. The van der Waals surface area contributed by atoms with Crippen LogP contribution in [0, 0.1) is 0 Å². The zero-order valence-corrected chi connectivity index (χ0v) is 45.1. The zero-order chi connectivity index (χ0) is 48.3. The molecule has 0 heterocycles. The van der Waals surface area contributed by atoms with Gasteiger partial charge in [-0.25, -0.2) is 4.57 Å². The van der Waals surface area contributed by atoms with Crippen molar-refractivity contribution in [1.82, 2.24) is 0 Å². The predicted octanol–water partition coefficient (Wildman–Crippen LogP) is 17.5. The number of phosphoric ester groups is 1. The van der Waals surface area contributed by atoms with E-state index in [1.807, 2.05) is 21.1 Å². The number of likely N-dealkylation sites (N-methyl/N-ethyl adjacent to an activating group) is 1. The molecule has 0 aromatic carbocycles. The smallest absolute Gasteiger partial charge is 0.457 e. The van der Waals surface area contributed by atoms with E-state index in [1.54, 1.807) is 0 Å². The standard InChI is InChI=1S/C57H108NO7P/c1-6-8-10-12-14-16-18-20-22-24-26-28-29-31-33-35-37-39-41-43-45-47-49-52-62-54-56(55-64-66(60,61)63-53-51-58(3,4)5)65-57(59)50-48-46-44-42-40-38-36-34-32-30-27-25-23-21-19-17-15-13-11-9-7-2/h9,11,15,17,21,23,27,30,56H,6-8,10,12-14,16,18-20,22,24-26,28-29,31-55H2,1-5H3/p+1/b11-9-,17-15-,23-21-,30-27-. The van der Waals surface area contributed by atoms with Gasteiger partial charge in [0.25, 0.3) is 0 Å². The van der Waals surface area contributed by atoms with Gasteiger partial charge in [0.15, 0.2) is 0 Å². The van der Waals surface area contributed by atoms with Crippen LogP contribution in [0.3, 0.4) is 0 Å². The molecule has 0 amide bonds. The Morgan fingerprint density at radius 1 is 0.485 bits per heavy atom. The second-order valence-corrected chi connectivity index (χ2v) is 21.4. The van der Waals surface area contributed by atoms with E-state index in [4.69, 9.17) is 18.5 Å². The largest absolute Gasteiger partial charge is 0.472 e.